The summed E-state index contributed by atoms with van der Waals surface area (Å²) in [5, 5.41) is 3.36. The van der Waals surface area contributed by atoms with E-state index in [-0.39, 0.29) is 0 Å². The summed E-state index contributed by atoms with van der Waals surface area (Å²) >= 11 is 0. The molecule has 8 heavy (non-hydrogen) atoms. The van der Waals surface area contributed by atoms with Gasteiger partial charge in [-0.3, -0.25) is 0 Å². The van der Waals surface area contributed by atoms with Gasteiger partial charge in [-0.25, -0.2) is 0 Å². The Bertz CT molecular complexity index is 94.6. The van der Waals surface area contributed by atoms with E-state index in [9.17, 15) is 0 Å². The Balaban J connectivity index is 2.00. The van der Waals surface area contributed by atoms with Gasteiger partial charge in [0.15, 0.2) is 0 Å². The van der Waals surface area contributed by atoms with Crippen LogP contribution in [0.2, 0.25) is 0 Å². The highest BCUT2D eigenvalue weighted by atomic mass is 14.9. The molecule has 0 heterocycles. The van der Waals surface area contributed by atoms with Gasteiger partial charge in [0.25, 0.3) is 0 Å². The van der Waals surface area contributed by atoms with Crippen LogP contribution in [-0.2, 0) is 0 Å². The van der Waals surface area contributed by atoms with Crippen molar-refractivity contribution in [2.75, 3.05) is 7.05 Å². The second-order valence-corrected chi connectivity index (χ2v) is 3.23. The van der Waals surface area contributed by atoms with Crippen LogP contribution in [-0.4, -0.2) is 13.1 Å². The molecule has 0 aromatic heterocycles. The summed E-state index contributed by atoms with van der Waals surface area (Å²) in [5.74, 6) is 2.17. The molecule has 1 heteroatoms. The Hall–Kier alpha value is -0.0400. The normalized spacial score (nSPS) is 51.4. The lowest BCUT2D eigenvalue weighted by atomic mass is 9.84. The van der Waals surface area contributed by atoms with E-state index in [0.29, 0.717) is 0 Å². The van der Waals surface area contributed by atoms with E-state index in [1.807, 2.05) is 0 Å². The average molecular weight is 111 g/mol. The van der Waals surface area contributed by atoms with Crippen molar-refractivity contribution in [3.63, 3.8) is 0 Å². The van der Waals surface area contributed by atoms with Crippen molar-refractivity contribution < 1.29 is 0 Å². The number of hydrogen-bond acceptors (Lipinski definition) is 1. The van der Waals surface area contributed by atoms with Gasteiger partial charge in [-0.1, -0.05) is 0 Å². The Labute approximate surface area is 50.5 Å². The zero-order valence-electron chi connectivity index (χ0n) is 5.35. The van der Waals surface area contributed by atoms with Gasteiger partial charge in [-0.05, 0) is 38.1 Å². The second-order valence-electron chi connectivity index (χ2n) is 3.23. The molecule has 0 spiro atoms. The van der Waals surface area contributed by atoms with E-state index < -0.39 is 0 Å². The Kier molecular flexibility index (Phi) is 0.884. The SMILES string of the molecule is CNC1CC2CC1C2. The minimum absolute atomic E-state index is 0.889. The predicted molar refractivity (Wildman–Crippen MR) is 33.7 cm³/mol. The molecule has 3 saturated carbocycles. The van der Waals surface area contributed by atoms with E-state index in [0.717, 1.165) is 17.9 Å². The third kappa shape index (κ3) is 0.455. The van der Waals surface area contributed by atoms with E-state index in [1.165, 1.54) is 19.3 Å². The summed E-state index contributed by atoms with van der Waals surface area (Å²) in [4.78, 5) is 0. The molecular weight excluding hydrogens is 98.1 g/mol. The molecule has 2 bridgehead atoms. The van der Waals surface area contributed by atoms with Crippen molar-refractivity contribution in [2.24, 2.45) is 11.8 Å². The van der Waals surface area contributed by atoms with Crippen LogP contribution >= 0.6 is 0 Å². The van der Waals surface area contributed by atoms with E-state index in [4.69, 9.17) is 0 Å². The summed E-state index contributed by atoms with van der Waals surface area (Å²) in [6.45, 7) is 0. The minimum Gasteiger partial charge on any atom is -0.317 e. The van der Waals surface area contributed by atoms with Crippen LogP contribution < -0.4 is 5.32 Å². The summed E-state index contributed by atoms with van der Waals surface area (Å²) in [5.41, 5.74) is 0. The smallest absolute Gasteiger partial charge is 0.00951 e. The van der Waals surface area contributed by atoms with E-state index >= 15 is 0 Å². The van der Waals surface area contributed by atoms with Gasteiger partial charge in [-0.2, -0.15) is 0 Å². The van der Waals surface area contributed by atoms with Gasteiger partial charge < -0.3 is 5.32 Å². The maximum absolute atomic E-state index is 3.36. The van der Waals surface area contributed by atoms with Crippen molar-refractivity contribution >= 4 is 0 Å². The largest absolute Gasteiger partial charge is 0.317 e. The van der Waals surface area contributed by atoms with Crippen LogP contribution in [0.15, 0.2) is 0 Å². The first-order valence-electron chi connectivity index (χ1n) is 3.57. The van der Waals surface area contributed by atoms with Crippen molar-refractivity contribution in [1.29, 1.82) is 0 Å². The predicted octanol–water partition coefficient (Wildman–Crippen LogP) is 1.00. The average Bonchev–Trinajstić information content (AvgIpc) is 2.15. The third-order valence-corrected chi connectivity index (χ3v) is 2.80. The van der Waals surface area contributed by atoms with Crippen LogP contribution in [0.3, 0.4) is 0 Å². The topological polar surface area (TPSA) is 12.0 Å². The Morgan fingerprint density at radius 2 is 2.00 bits per heavy atom. The van der Waals surface area contributed by atoms with Gasteiger partial charge >= 0.3 is 0 Å². The Morgan fingerprint density at radius 3 is 2.25 bits per heavy atom. The van der Waals surface area contributed by atoms with E-state index in [2.05, 4.69) is 12.4 Å². The highest BCUT2D eigenvalue weighted by Crippen LogP contribution is 2.48. The molecule has 0 aromatic carbocycles. The van der Waals surface area contributed by atoms with Crippen molar-refractivity contribution in [2.45, 2.75) is 25.3 Å². The molecule has 0 aromatic rings. The van der Waals surface area contributed by atoms with Gasteiger partial charge in [-0.15, -0.1) is 0 Å². The highest BCUT2D eigenvalue weighted by molar-refractivity contribution is 4.97. The molecule has 0 aliphatic heterocycles. The molecule has 3 rings (SSSR count). The summed E-state index contributed by atoms with van der Waals surface area (Å²) in [7, 11) is 2.09. The zero-order chi connectivity index (χ0) is 5.56. The monoisotopic (exact) mass is 111 g/mol. The number of rotatable bonds is 1. The summed E-state index contributed by atoms with van der Waals surface area (Å²) in [6, 6.07) is 0.889. The van der Waals surface area contributed by atoms with Crippen LogP contribution in [0.4, 0.5) is 0 Å². The molecule has 1 unspecified atom stereocenters. The van der Waals surface area contributed by atoms with Gasteiger partial charge in [0, 0.05) is 6.04 Å². The molecule has 1 atom stereocenters. The van der Waals surface area contributed by atoms with Crippen LogP contribution in [0, 0.1) is 11.8 Å². The fraction of sp³-hybridized carbons (Fsp3) is 1.00. The fourth-order valence-electron chi connectivity index (χ4n) is 2.21. The fourth-order valence-corrected chi connectivity index (χ4v) is 2.21. The molecular formula is C7H13N. The number of hydrogen-bond donors (Lipinski definition) is 1. The molecule has 0 saturated heterocycles. The molecule has 1 N–H and O–H groups in total. The first kappa shape index (κ1) is 4.80. The van der Waals surface area contributed by atoms with Gasteiger partial charge in [0.2, 0.25) is 0 Å². The molecule has 3 aliphatic carbocycles. The summed E-state index contributed by atoms with van der Waals surface area (Å²) in [6.07, 6.45) is 4.50. The molecule has 0 amide bonds. The van der Waals surface area contributed by atoms with Crippen molar-refractivity contribution in [3.05, 3.63) is 0 Å². The number of nitrogens with one attached hydrogen (secondary N) is 1. The van der Waals surface area contributed by atoms with Crippen LogP contribution in [0.25, 0.3) is 0 Å². The lowest BCUT2D eigenvalue weighted by molar-refractivity contribution is 0.286. The summed E-state index contributed by atoms with van der Waals surface area (Å²) < 4.78 is 0. The zero-order valence-corrected chi connectivity index (χ0v) is 5.35. The van der Waals surface area contributed by atoms with E-state index in [1.54, 1.807) is 0 Å². The van der Waals surface area contributed by atoms with Crippen molar-refractivity contribution in [3.8, 4) is 0 Å². The molecule has 3 aliphatic rings. The van der Waals surface area contributed by atoms with Crippen molar-refractivity contribution in [1.82, 2.24) is 5.32 Å². The lowest BCUT2D eigenvalue weighted by Crippen LogP contribution is -2.27. The van der Waals surface area contributed by atoms with Crippen LogP contribution in [0.5, 0.6) is 0 Å². The van der Waals surface area contributed by atoms with Crippen LogP contribution in [0.1, 0.15) is 19.3 Å². The molecule has 1 nitrogen and oxygen atoms in total. The maximum Gasteiger partial charge on any atom is 0.00951 e. The first-order chi connectivity index (χ1) is 3.90. The standard InChI is InChI=1S/C7H13N/c1-8-7-4-5-2-6(7)3-5/h5-8H,2-4H2,1H3. The highest BCUT2D eigenvalue weighted by Gasteiger charge is 2.43. The third-order valence-electron chi connectivity index (χ3n) is 2.80. The number of fused-ring (bicyclic) bond motifs is 1. The first-order valence-corrected chi connectivity index (χ1v) is 3.57. The Morgan fingerprint density at radius 1 is 1.25 bits per heavy atom. The van der Waals surface area contributed by atoms with Gasteiger partial charge in [0.1, 0.15) is 0 Å². The molecule has 46 valence electrons. The maximum atomic E-state index is 3.36. The molecule has 3 fully saturated rings. The quantitative estimate of drug-likeness (QED) is 0.532. The molecule has 0 radical (unpaired) electrons. The second kappa shape index (κ2) is 1.47. The van der Waals surface area contributed by atoms with Gasteiger partial charge in [0.05, 0.1) is 0 Å². The lowest BCUT2D eigenvalue weighted by Gasteiger charge is -2.23. The minimum atomic E-state index is 0.889.